The maximum Gasteiger partial charge on any atom is 0.231 e. The standard InChI is InChI=1S/C16H22N2O2/c1-20-11-12-5-4-8-18(10-12)16(19)14-9-17-15-7-3-2-6-13(14)15/h2-3,6-7,12,14,17H,4-5,8-11H2,1H3. The molecule has 1 aromatic rings. The first kappa shape index (κ1) is 13.4. The number of fused-ring (bicyclic) bond motifs is 1. The molecular weight excluding hydrogens is 252 g/mol. The van der Waals surface area contributed by atoms with E-state index in [4.69, 9.17) is 4.74 Å². The third-order valence-electron chi connectivity index (χ3n) is 4.36. The van der Waals surface area contributed by atoms with Gasteiger partial charge in [0.15, 0.2) is 0 Å². The molecule has 2 aliphatic rings. The molecule has 0 aliphatic carbocycles. The number of amides is 1. The zero-order valence-corrected chi connectivity index (χ0v) is 12.0. The predicted octanol–water partition coefficient (Wildman–Crippen LogP) is 2.08. The number of nitrogens with zero attached hydrogens (tertiary/aromatic N) is 1. The quantitative estimate of drug-likeness (QED) is 0.917. The average molecular weight is 274 g/mol. The van der Waals surface area contributed by atoms with Crippen LogP contribution in [0.1, 0.15) is 24.3 Å². The topological polar surface area (TPSA) is 41.6 Å². The summed E-state index contributed by atoms with van der Waals surface area (Å²) >= 11 is 0. The van der Waals surface area contributed by atoms with E-state index < -0.39 is 0 Å². The Balaban J connectivity index is 1.70. The van der Waals surface area contributed by atoms with Crippen molar-refractivity contribution in [2.75, 3.05) is 38.7 Å². The molecule has 1 N–H and O–H groups in total. The van der Waals surface area contributed by atoms with Crippen LogP contribution in [0.2, 0.25) is 0 Å². The molecule has 2 aliphatic heterocycles. The number of hydrogen-bond donors (Lipinski definition) is 1. The number of benzene rings is 1. The summed E-state index contributed by atoms with van der Waals surface area (Å²) in [6, 6.07) is 8.13. The number of ether oxygens (including phenoxy) is 1. The second kappa shape index (κ2) is 5.83. The van der Waals surface area contributed by atoms with E-state index in [1.54, 1.807) is 7.11 Å². The summed E-state index contributed by atoms with van der Waals surface area (Å²) in [5.41, 5.74) is 2.25. The molecule has 1 saturated heterocycles. The lowest BCUT2D eigenvalue weighted by atomic mass is 9.95. The van der Waals surface area contributed by atoms with E-state index in [-0.39, 0.29) is 11.8 Å². The first-order valence-corrected chi connectivity index (χ1v) is 7.40. The number of para-hydroxylation sites is 1. The summed E-state index contributed by atoms with van der Waals surface area (Å²) in [5, 5.41) is 3.33. The van der Waals surface area contributed by atoms with Gasteiger partial charge in [0.2, 0.25) is 5.91 Å². The highest BCUT2D eigenvalue weighted by Crippen LogP contribution is 2.33. The number of rotatable bonds is 3. The second-order valence-electron chi connectivity index (χ2n) is 5.77. The van der Waals surface area contributed by atoms with Crippen molar-refractivity contribution >= 4 is 11.6 Å². The van der Waals surface area contributed by atoms with Crippen molar-refractivity contribution in [2.45, 2.75) is 18.8 Å². The minimum absolute atomic E-state index is 0.0208. The van der Waals surface area contributed by atoms with Crippen LogP contribution in [0.4, 0.5) is 5.69 Å². The van der Waals surface area contributed by atoms with Crippen molar-refractivity contribution in [1.29, 1.82) is 0 Å². The summed E-state index contributed by atoms with van der Waals surface area (Å²) in [6.07, 6.45) is 2.25. The molecule has 0 aromatic heterocycles. The van der Waals surface area contributed by atoms with Crippen LogP contribution < -0.4 is 5.32 Å². The van der Waals surface area contributed by atoms with Gasteiger partial charge in [-0.15, -0.1) is 0 Å². The van der Waals surface area contributed by atoms with Crippen molar-refractivity contribution < 1.29 is 9.53 Å². The molecule has 4 heteroatoms. The van der Waals surface area contributed by atoms with E-state index in [1.165, 1.54) is 0 Å². The van der Waals surface area contributed by atoms with Crippen LogP contribution in [0.3, 0.4) is 0 Å². The summed E-state index contributed by atoms with van der Waals surface area (Å²) < 4.78 is 5.24. The van der Waals surface area contributed by atoms with Crippen molar-refractivity contribution in [1.82, 2.24) is 4.90 Å². The number of piperidine rings is 1. The van der Waals surface area contributed by atoms with Gasteiger partial charge in [0.1, 0.15) is 0 Å². The van der Waals surface area contributed by atoms with Crippen molar-refractivity contribution in [3.63, 3.8) is 0 Å². The van der Waals surface area contributed by atoms with Gasteiger partial charge in [-0.1, -0.05) is 18.2 Å². The summed E-state index contributed by atoms with van der Waals surface area (Å²) in [5.74, 6) is 0.734. The van der Waals surface area contributed by atoms with Crippen LogP contribution in [0.5, 0.6) is 0 Å². The highest BCUT2D eigenvalue weighted by Gasteiger charge is 2.33. The number of anilines is 1. The molecule has 3 rings (SSSR count). The van der Waals surface area contributed by atoms with Gasteiger partial charge in [-0.05, 0) is 30.4 Å². The molecule has 108 valence electrons. The molecule has 0 radical (unpaired) electrons. The molecule has 1 amide bonds. The van der Waals surface area contributed by atoms with Gasteiger partial charge in [0.25, 0.3) is 0 Å². The van der Waals surface area contributed by atoms with Gasteiger partial charge in [0.05, 0.1) is 12.5 Å². The van der Waals surface area contributed by atoms with Crippen LogP contribution in [0.25, 0.3) is 0 Å². The molecule has 1 aromatic carbocycles. The highest BCUT2D eigenvalue weighted by molar-refractivity contribution is 5.88. The summed E-state index contributed by atoms with van der Waals surface area (Å²) in [4.78, 5) is 14.8. The Morgan fingerprint density at radius 1 is 1.45 bits per heavy atom. The fourth-order valence-corrected chi connectivity index (χ4v) is 3.36. The van der Waals surface area contributed by atoms with Crippen molar-refractivity contribution in [3.8, 4) is 0 Å². The largest absolute Gasteiger partial charge is 0.384 e. The lowest BCUT2D eigenvalue weighted by molar-refractivity contribution is -0.134. The Morgan fingerprint density at radius 2 is 2.30 bits per heavy atom. The van der Waals surface area contributed by atoms with Gasteiger partial charge in [-0.3, -0.25) is 4.79 Å². The molecule has 2 atom stereocenters. The van der Waals surface area contributed by atoms with Crippen LogP contribution in [-0.4, -0.2) is 44.2 Å². The minimum Gasteiger partial charge on any atom is -0.384 e. The van der Waals surface area contributed by atoms with Crippen LogP contribution in [0, 0.1) is 5.92 Å². The number of hydrogen-bond acceptors (Lipinski definition) is 3. The Kier molecular flexibility index (Phi) is 3.92. The smallest absolute Gasteiger partial charge is 0.231 e. The molecule has 4 nitrogen and oxygen atoms in total. The van der Waals surface area contributed by atoms with E-state index in [1.807, 2.05) is 23.1 Å². The number of methoxy groups -OCH3 is 1. The molecule has 0 spiro atoms. The number of likely N-dealkylation sites (tertiary alicyclic amines) is 1. The van der Waals surface area contributed by atoms with E-state index in [0.717, 1.165) is 50.3 Å². The van der Waals surface area contributed by atoms with Gasteiger partial charge >= 0.3 is 0 Å². The fourth-order valence-electron chi connectivity index (χ4n) is 3.36. The van der Waals surface area contributed by atoms with Gasteiger partial charge in [-0.2, -0.15) is 0 Å². The molecular formula is C16H22N2O2. The Hall–Kier alpha value is -1.55. The molecule has 20 heavy (non-hydrogen) atoms. The predicted molar refractivity (Wildman–Crippen MR) is 78.9 cm³/mol. The highest BCUT2D eigenvalue weighted by atomic mass is 16.5. The van der Waals surface area contributed by atoms with Gasteiger partial charge < -0.3 is 15.0 Å². The number of carbonyl (C=O) groups is 1. The summed E-state index contributed by atoms with van der Waals surface area (Å²) in [6.45, 7) is 3.20. The average Bonchev–Trinajstić information content (AvgIpc) is 2.91. The van der Waals surface area contributed by atoms with E-state index in [0.29, 0.717) is 5.92 Å². The SMILES string of the molecule is COCC1CCCN(C(=O)C2CNc3ccccc32)C1. The number of nitrogens with one attached hydrogen (secondary N) is 1. The van der Waals surface area contributed by atoms with E-state index >= 15 is 0 Å². The van der Waals surface area contributed by atoms with Crippen LogP contribution >= 0.6 is 0 Å². The lowest BCUT2D eigenvalue weighted by Crippen LogP contribution is -2.43. The molecule has 2 heterocycles. The van der Waals surface area contributed by atoms with Gasteiger partial charge in [-0.25, -0.2) is 0 Å². The molecule has 0 saturated carbocycles. The van der Waals surface area contributed by atoms with Crippen LogP contribution in [-0.2, 0) is 9.53 Å². The zero-order chi connectivity index (χ0) is 13.9. The second-order valence-corrected chi connectivity index (χ2v) is 5.77. The first-order chi connectivity index (χ1) is 9.79. The molecule has 0 bridgehead atoms. The monoisotopic (exact) mass is 274 g/mol. The number of carbonyl (C=O) groups excluding carboxylic acids is 1. The zero-order valence-electron chi connectivity index (χ0n) is 12.0. The van der Waals surface area contributed by atoms with Gasteiger partial charge in [0, 0.05) is 32.4 Å². The first-order valence-electron chi connectivity index (χ1n) is 7.40. The Labute approximate surface area is 120 Å². The third kappa shape index (κ3) is 2.52. The normalized spacial score (nSPS) is 25.1. The maximum atomic E-state index is 12.8. The molecule has 1 fully saturated rings. The van der Waals surface area contributed by atoms with Crippen molar-refractivity contribution in [2.24, 2.45) is 5.92 Å². The van der Waals surface area contributed by atoms with Crippen molar-refractivity contribution in [3.05, 3.63) is 29.8 Å². The molecule has 2 unspecified atom stereocenters. The lowest BCUT2D eigenvalue weighted by Gasteiger charge is -2.34. The fraction of sp³-hybridized carbons (Fsp3) is 0.562. The third-order valence-corrected chi connectivity index (χ3v) is 4.36. The Bertz CT molecular complexity index is 487. The van der Waals surface area contributed by atoms with Crippen LogP contribution in [0.15, 0.2) is 24.3 Å². The van der Waals surface area contributed by atoms with E-state index in [9.17, 15) is 4.79 Å². The van der Waals surface area contributed by atoms with E-state index in [2.05, 4.69) is 11.4 Å². The summed E-state index contributed by atoms with van der Waals surface area (Å²) in [7, 11) is 1.73. The maximum absolute atomic E-state index is 12.8. The minimum atomic E-state index is -0.0208. The Morgan fingerprint density at radius 3 is 3.15 bits per heavy atom.